The van der Waals surface area contributed by atoms with Gasteiger partial charge in [0.1, 0.15) is 6.29 Å². The molecule has 0 radical (unpaired) electrons. The number of rotatable bonds is 3. The molecule has 0 saturated heterocycles. The largest absolute Gasteiger partial charge is 0.347 e. The SMILES string of the molecule is CC(C)(C=O)NC=O. The van der Waals surface area contributed by atoms with Gasteiger partial charge in [-0.1, -0.05) is 0 Å². The number of amides is 1. The molecule has 8 heavy (non-hydrogen) atoms. The zero-order valence-corrected chi connectivity index (χ0v) is 4.97. The zero-order chi connectivity index (χ0) is 6.62. The fraction of sp³-hybridized carbons (Fsp3) is 0.600. The van der Waals surface area contributed by atoms with Crippen LogP contribution in [-0.4, -0.2) is 18.2 Å². The van der Waals surface area contributed by atoms with Crippen LogP contribution in [0.1, 0.15) is 13.8 Å². The van der Waals surface area contributed by atoms with Gasteiger partial charge in [0, 0.05) is 0 Å². The summed E-state index contributed by atoms with van der Waals surface area (Å²) in [5.41, 5.74) is -0.707. The zero-order valence-electron chi connectivity index (χ0n) is 4.97. The van der Waals surface area contributed by atoms with Crippen LogP contribution in [0.3, 0.4) is 0 Å². The van der Waals surface area contributed by atoms with E-state index >= 15 is 0 Å². The van der Waals surface area contributed by atoms with Crippen molar-refractivity contribution in [1.29, 1.82) is 0 Å². The first-order valence-electron chi connectivity index (χ1n) is 2.30. The van der Waals surface area contributed by atoms with Crippen molar-refractivity contribution in [2.45, 2.75) is 19.4 Å². The second kappa shape index (κ2) is 2.45. The third kappa shape index (κ3) is 2.34. The van der Waals surface area contributed by atoms with E-state index in [9.17, 15) is 9.59 Å². The molecule has 3 heteroatoms. The molecular formula is C5H9NO2. The summed E-state index contributed by atoms with van der Waals surface area (Å²) in [6.07, 6.45) is 1.19. The molecule has 0 aliphatic heterocycles. The Bertz CT molecular complexity index is 98.6. The van der Waals surface area contributed by atoms with Gasteiger partial charge in [-0.2, -0.15) is 0 Å². The van der Waals surface area contributed by atoms with Gasteiger partial charge in [-0.25, -0.2) is 0 Å². The molecule has 46 valence electrons. The summed E-state index contributed by atoms with van der Waals surface area (Å²) in [4.78, 5) is 19.7. The molecule has 0 aromatic carbocycles. The van der Waals surface area contributed by atoms with E-state index in [4.69, 9.17) is 0 Å². The monoisotopic (exact) mass is 115 g/mol. The van der Waals surface area contributed by atoms with E-state index in [0.717, 1.165) is 0 Å². The van der Waals surface area contributed by atoms with Crippen molar-refractivity contribution in [1.82, 2.24) is 5.32 Å². The van der Waals surface area contributed by atoms with Crippen LogP contribution >= 0.6 is 0 Å². The van der Waals surface area contributed by atoms with Gasteiger partial charge >= 0.3 is 0 Å². The number of hydrogen-bond acceptors (Lipinski definition) is 2. The molecule has 0 aromatic heterocycles. The van der Waals surface area contributed by atoms with E-state index in [1.54, 1.807) is 13.8 Å². The minimum atomic E-state index is -0.707. The summed E-state index contributed by atoms with van der Waals surface area (Å²) in [6.45, 7) is 3.24. The molecule has 3 nitrogen and oxygen atoms in total. The maximum atomic E-state index is 10.00. The molecule has 0 saturated carbocycles. The Morgan fingerprint density at radius 3 is 2.00 bits per heavy atom. The first-order chi connectivity index (χ1) is 3.62. The predicted octanol–water partition coefficient (Wildman–Crippen LogP) is -0.290. The fourth-order valence-corrected chi connectivity index (χ4v) is 0.186. The lowest BCUT2D eigenvalue weighted by molar-refractivity contribution is -0.117. The molecule has 0 spiro atoms. The van der Waals surface area contributed by atoms with Crippen LogP contribution in [0.25, 0.3) is 0 Å². The maximum Gasteiger partial charge on any atom is 0.207 e. The van der Waals surface area contributed by atoms with Gasteiger partial charge in [0.05, 0.1) is 5.54 Å². The predicted molar refractivity (Wildman–Crippen MR) is 29.3 cm³/mol. The van der Waals surface area contributed by atoms with Crippen LogP contribution in [0.5, 0.6) is 0 Å². The summed E-state index contributed by atoms with van der Waals surface area (Å²) in [7, 11) is 0. The van der Waals surface area contributed by atoms with Crippen LogP contribution in [0.2, 0.25) is 0 Å². The number of hydrogen-bond donors (Lipinski definition) is 1. The topological polar surface area (TPSA) is 46.2 Å². The lowest BCUT2D eigenvalue weighted by Crippen LogP contribution is -2.39. The van der Waals surface area contributed by atoms with Gasteiger partial charge in [-0.15, -0.1) is 0 Å². The van der Waals surface area contributed by atoms with E-state index in [-0.39, 0.29) is 0 Å². The fourth-order valence-electron chi connectivity index (χ4n) is 0.186. The number of carbonyl (C=O) groups excluding carboxylic acids is 2. The highest BCUT2D eigenvalue weighted by Gasteiger charge is 2.12. The third-order valence-corrected chi connectivity index (χ3v) is 0.726. The van der Waals surface area contributed by atoms with E-state index in [1.165, 1.54) is 0 Å². The average Bonchev–Trinajstić information content (AvgIpc) is 1.67. The van der Waals surface area contributed by atoms with Crippen molar-refractivity contribution in [3.05, 3.63) is 0 Å². The lowest BCUT2D eigenvalue weighted by atomic mass is 10.1. The van der Waals surface area contributed by atoms with Crippen molar-refractivity contribution in [3.63, 3.8) is 0 Å². The molecule has 0 aliphatic carbocycles. The van der Waals surface area contributed by atoms with Gasteiger partial charge in [-0.3, -0.25) is 4.79 Å². The Morgan fingerprint density at radius 1 is 1.38 bits per heavy atom. The van der Waals surface area contributed by atoms with Crippen molar-refractivity contribution in [2.24, 2.45) is 0 Å². The van der Waals surface area contributed by atoms with Gasteiger partial charge in [0.25, 0.3) is 0 Å². The summed E-state index contributed by atoms with van der Waals surface area (Å²) in [5, 5.41) is 2.32. The van der Waals surface area contributed by atoms with Crippen LogP contribution < -0.4 is 5.32 Å². The van der Waals surface area contributed by atoms with Crippen LogP contribution in [-0.2, 0) is 9.59 Å². The van der Waals surface area contributed by atoms with Gasteiger partial charge in [0.15, 0.2) is 0 Å². The Labute approximate surface area is 48.1 Å². The molecule has 0 rings (SSSR count). The van der Waals surface area contributed by atoms with Crippen LogP contribution in [0.4, 0.5) is 0 Å². The number of aldehydes is 1. The summed E-state index contributed by atoms with van der Waals surface area (Å²) in [6, 6.07) is 0. The molecule has 0 heterocycles. The Hall–Kier alpha value is -0.860. The molecule has 1 N–H and O–H groups in total. The second-order valence-electron chi connectivity index (χ2n) is 2.10. The molecule has 0 atom stereocenters. The minimum absolute atomic E-state index is 0.508. The summed E-state index contributed by atoms with van der Waals surface area (Å²) < 4.78 is 0. The lowest BCUT2D eigenvalue weighted by Gasteiger charge is -2.13. The Morgan fingerprint density at radius 2 is 1.88 bits per heavy atom. The minimum Gasteiger partial charge on any atom is -0.347 e. The van der Waals surface area contributed by atoms with Crippen molar-refractivity contribution in [2.75, 3.05) is 0 Å². The first kappa shape index (κ1) is 7.14. The molecule has 1 amide bonds. The van der Waals surface area contributed by atoms with Gasteiger partial charge in [0.2, 0.25) is 6.41 Å². The van der Waals surface area contributed by atoms with Crippen LogP contribution in [0, 0.1) is 0 Å². The van der Waals surface area contributed by atoms with E-state index < -0.39 is 5.54 Å². The quantitative estimate of drug-likeness (QED) is 0.514. The average molecular weight is 115 g/mol. The van der Waals surface area contributed by atoms with Crippen molar-refractivity contribution < 1.29 is 9.59 Å². The van der Waals surface area contributed by atoms with E-state index in [1.807, 2.05) is 0 Å². The van der Waals surface area contributed by atoms with Crippen molar-refractivity contribution in [3.8, 4) is 0 Å². The molecule has 0 fully saturated rings. The Balaban J connectivity index is 3.70. The molecule has 0 unspecified atom stereocenters. The molecular weight excluding hydrogens is 106 g/mol. The smallest absolute Gasteiger partial charge is 0.207 e. The number of nitrogens with one attached hydrogen (secondary N) is 1. The highest BCUT2D eigenvalue weighted by molar-refractivity contribution is 5.67. The van der Waals surface area contributed by atoms with Crippen LogP contribution in [0.15, 0.2) is 0 Å². The van der Waals surface area contributed by atoms with Gasteiger partial charge < -0.3 is 10.1 Å². The number of carbonyl (C=O) groups is 2. The van der Waals surface area contributed by atoms with E-state index in [2.05, 4.69) is 5.32 Å². The highest BCUT2D eigenvalue weighted by Crippen LogP contribution is 1.92. The summed E-state index contributed by atoms with van der Waals surface area (Å²) in [5.74, 6) is 0. The van der Waals surface area contributed by atoms with Crippen molar-refractivity contribution >= 4 is 12.7 Å². The first-order valence-corrected chi connectivity index (χ1v) is 2.30. The maximum absolute atomic E-state index is 10.00. The third-order valence-electron chi connectivity index (χ3n) is 0.726. The normalized spacial score (nSPS) is 10.2. The summed E-state index contributed by atoms with van der Waals surface area (Å²) >= 11 is 0. The second-order valence-corrected chi connectivity index (χ2v) is 2.10. The molecule has 0 aliphatic rings. The molecule has 0 aromatic rings. The Kier molecular flexibility index (Phi) is 2.19. The van der Waals surface area contributed by atoms with Gasteiger partial charge in [-0.05, 0) is 13.8 Å². The standard InChI is InChI=1S/C5H9NO2/c1-5(2,3-7)6-4-8/h3-4H,1-2H3,(H,6,8). The highest BCUT2D eigenvalue weighted by atomic mass is 16.1. The van der Waals surface area contributed by atoms with E-state index in [0.29, 0.717) is 12.7 Å². The molecule has 0 bridgehead atoms.